The molecule has 0 aliphatic carbocycles. The lowest BCUT2D eigenvalue weighted by molar-refractivity contribution is -0.00935. The van der Waals surface area contributed by atoms with Gasteiger partial charge in [-0.05, 0) is 12.1 Å². The molecule has 2 aromatic heterocycles. The maximum absolute atomic E-state index is 10.3. The van der Waals surface area contributed by atoms with Gasteiger partial charge >= 0.3 is 0 Å². The summed E-state index contributed by atoms with van der Waals surface area (Å²) in [4.78, 5) is 12.4. The van der Waals surface area contributed by atoms with Crippen molar-refractivity contribution < 1.29 is 9.84 Å². The number of aliphatic hydroxyl groups excluding tert-OH is 1. The first-order valence-electron chi connectivity index (χ1n) is 7.78. The number of nitrogens with one attached hydrogen (secondary N) is 1. The van der Waals surface area contributed by atoms with E-state index in [0.29, 0.717) is 29.9 Å². The molecule has 1 aromatic carbocycles. The van der Waals surface area contributed by atoms with Gasteiger partial charge in [0, 0.05) is 18.7 Å². The summed E-state index contributed by atoms with van der Waals surface area (Å²) in [6.45, 7) is 0.519. The Morgan fingerprint density at radius 1 is 1.25 bits per heavy atom. The Labute approximate surface area is 138 Å². The van der Waals surface area contributed by atoms with E-state index in [9.17, 15) is 5.11 Å². The summed E-state index contributed by atoms with van der Waals surface area (Å²) in [5, 5.41) is 13.6. The maximum Gasteiger partial charge on any atom is 0.167 e. The van der Waals surface area contributed by atoms with Gasteiger partial charge in [0.25, 0.3) is 0 Å². The zero-order valence-corrected chi connectivity index (χ0v) is 12.9. The number of nitrogens with zero attached hydrogens (tertiary/aromatic N) is 4. The fourth-order valence-electron chi connectivity index (χ4n) is 2.92. The second-order valence-corrected chi connectivity index (χ2v) is 5.76. The van der Waals surface area contributed by atoms with Crippen molar-refractivity contribution in [2.75, 3.05) is 17.6 Å². The number of nitrogens with two attached hydrogens (primary N) is 1. The molecule has 3 aromatic rings. The number of rotatable bonds is 4. The van der Waals surface area contributed by atoms with Gasteiger partial charge in [-0.25, -0.2) is 15.0 Å². The standard InChI is InChI=1S/C16H18N6O2/c17-15-14-16(20-8-19-15)22(9-21-14)13-6-11(23)12(24-13)7-18-10-4-2-1-3-5-10/h1-5,8-9,11-13,18,23H,6-7H2,(H2,17,19,20)/t11-,12?,13+/m0/s1. The number of aliphatic hydroxyl groups is 1. The van der Waals surface area contributed by atoms with Gasteiger partial charge in [0.15, 0.2) is 11.5 Å². The molecule has 3 atom stereocenters. The van der Waals surface area contributed by atoms with Crippen molar-refractivity contribution in [1.82, 2.24) is 19.5 Å². The molecule has 124 valence electrons. The molecule has 1 fully saturated rings. The molecule has 24 heavy (non-hydrogen) atoms. The minimum absolute atomic E-state index is 0.313. The van der Waals surface area contributed by atoms with Crippen LogP contribution in [0, 0.1) is 0 Å². The van der Waals surface area contributed by atoms with Crippen molar-refractivity contribution in [2.45, 2.75) is 24.9 Å². The van der Waals surface area contributed by atoms with Crippen molar-refractivity contribution in [2.24, 2.45) is 0 Å². The SMILES string of the molecule is Nc1ncnc2c1ncn2[C@H]1C[C@H](O)C(CNc2ccccc2)O1. The highest BCUT2D eigenvalue weighted by Gasteiger charge is 2.35. The van der Waals surface area contributed by atoms with Crippen LogP contribution in [-0.2, 0) is 4.74 Å². The zero-order chi connectivity index (χ0) is 16.5. The molecule has 0 bridgehead atoms. The molecule has 4 N–H and O–H groups in total. The first kappa shape index (κ1) is 14.9. The van der Waals surface area contributed by atoms with Crippen LogP contribution < -0.4 is 11.1 Å². The predicted molar refractivity (Wildman–Crippen MR) is 89.2 cm³/mol. The van der Waals surface area contributed by atoms with Crippen LogP contribution in [0.4, 0.5) is 11.5 Å². The second kappa shape index (κ2) is 6.06. The van der Waals surface area contributed by atoms with Crippen LogP contribution in [0.3, 0.4) is 0 Å². The average Bonchev–Trinajstić information content (AvgIpc) is 3.18. The number of aromatic nitrogens is 4. The number of para-hydroxylation sites is 1. The van der Waals surface area contributed by atoms with Crippen molar-refractivity contribution in [1.29, 1.82) is 0 Å². The van der Waals surface area contributed by atoms with Gasteiger partial charge in [-0.3, -0.25) is 4.57 Å². The molecule has 1 saturated heterocycles. The molecule has 0 radical (unpaired) electrons. The third-order valence-electron chi connectivity index (χ3n) is 4.18. The monoisotopic (exact) mass is 326 g/mol. The number of imidazole rings is 1. The Kier molecular flexibility index (Phi) is 3.75. The summed E-state index contributed by atoms with van der Waals surface area (Å²) in [6.07, 6.45) is 2.28. The Hall–Kier alpha value is -2.71. The van der Waals surface area contributed by atoms with Crippen molar-refractivity contribution >= 4 is 22.7 Å². The van der Waals surface area contributed by atoms with Gasteiger partial charge in [-0.2, -0.15) is 0 Å². The van der Waals surface area contributed by atoms with E-state index < -0.39 is 6.10 Å². The number of anilines is 2. The quantitative estimate of drug-likeness (QED) is 0.660. The van der Waals surface area contributed by atoms with Crippen LogP contribution in [0.15, 0.2) is 43.0 Å². The summed E-state index contributed by atoms with van der Waals surface area (Å²) >= 11 is 0. The molecule has 0 amide bonds. The highest BCUT2D eigenvalue weighted by molar-refractivity contribution is 5.81. The van der Waals surface area contributed by atoms with Gasteiger partial charge in [0.05, 0.1) is 12.4 Å². The maximum atomic E-state index is 10.3. The van der Waals surface area contributed by atoms with Gasteiger partial charge < -0.3 is 20.9 Å². The minimum Gasteiger partial charge on any atom is -0.390 e. The second-order valence-electron chi connectivity index (χ2n) is 5.76. The molecule has 1 unspecified atom stereocenters. The van der Waals surface area contributed by atoms with Crippen LogP contribution >= 0.6 is 0 Å². The smallest absolute Gasteiger partial charge is 0.167 e. The number of ether oxygens (including phenoxy) is 1. The Balaban J connectivity index is 1.49. The highest BCUT2D eigenvalue weighted by atomic mass is 16.5. The summed E-state index contributed by atoms with van der Waals surface area (Å²) in [5.41, 5.74) is 7.95. The van der Waals surface area contributed by atoms with Gasteiger partial charge in [0.2, 0.25) is 0 Å². The van der Waals surface area contributed by atoms with Crippen LogP contribution in [0.2, 0.25) is 0 Å². The Bertz CT molecular complexity index is 837. The fourth-order valence-corrected chi connectivity index (χ4v) is 2.92. The summed E-state index contributed by atoms with van der Waals surface area (Å²) in [5.74, 6) is 0.333. The van der Waals surface area contributed by atoms with Gasteiger partial charge in [-0.1, -0.05) is 18.2 Å². The molecule has 8 heteroatoms. The normalized spacial score (nSPS) is 23.6. The van der Waals surface area contributed by atoms with E-state index in [4.69, 9.17) is 10.5 Å². The number of benzene rings is 1. The van der Waals surface area contributed by atoms with Crippen molar-refractivity contribution in [3.63, 3.8) is 0 Å². The average molecular weight is 326 g/mol. The largest absolute Gasteiger partial charge is 0.390 e. The summed E-state index contributed by atoms with van der Waals surface area (Å²) in [6, 6.07) is 9.82. The topological polar surface area (TPSA) is 111 Å². The third kappa shape index (κ3) is 2.66. The van der Waals surface area contributed by atoms with Crippen LogP contribution in [-0.4, -0.2) is 43.4 Å². The lowest BCUT2D eigenvalue weighted by atomic mass is 10.1. The first-order valence-corrected chi connectivity index (χ1v) is 7.78. The molecule has 0 saturated carbocycles. The molecule has 8 nitrogen and oxygen atoms in total. The summed E-state index contributed by atoms with van der Waals surface area (Å²) in [7, 11) is 0. The summed E-state index contributed by atoms with van der Waals surface area (Å²) < 4.78 is 7.79. The van der Waals surface area contributed by atoms with E-state index in [2.05, 4.69) is 20.3 Å². The Morgan fingerprint density at radius 2 is 2.08 bits per heavy atom. The third-order valence-corrected chi connectivity index (χ3v) is 4.18. The van der Waals surface area contributed by atoms with Crippen LogP contribution in [0.25, 0.3) is 11.2 Å². The molecule has 0 spiro atoms. The van der Waals surface area contributed by atoms with Crippen molar-refractivity contribution in [3.8, 4) is 0 Å². The number of nitrogen functional groups attached to an aromatic ring is 1. The van der Waals surface area contributed by atoms with Gasteiger partial charge in [-0.15, -0.1) is 0 Å². The van der Waals surface area contributed by atoms with Crippen LogP contribution in [0.5, 0.6) is 0 Å². The molecule has 4 rings (SSSR count). The van der Waals surface area contributed by atoms with E-state index in [1.807, 2.05) is 30.3 Å². The van der Waals surface area contributed by atoms with E-state index in [1.165, 1.54) is 6.33 Å². The van der Waals surface area contributed by atoms with E-state index >= 15 is 0 Å². The lowest BCUT2D eigenvalue weighted by Crippen LogP contribution is -2.29. The number of hydrogen-bond donors (Lipinski definition) is 3. The van der Waals surface area contributed by atoms with Crippen LogP contribution in [0.1, 0.15) is 12.6 Å². The van der Waals surface area contributed by atoms with E-state index in [0.717, 1.165) is 5.69 Å². The first-order chi connectivity index (χ1) is 11.7. The lowest BCUT2D eigenvalue weighted by Gasteiger charge is -2.17. The molecular formula is C16H18N6O2. The molecular weight excluding hydrogens is 308 g/mol. The molecule has 1 aliphatic heterocycles. The van der Waals surface area contributed by atoms with Gasteiger partial charge in [0.1, 0.15) is 24.2 Å². The molecule has 3 heterocycles. The minimum atomic E-state index is -0.567. The Morgan fingerprint density at radius 3 is 2.92 bits per heavy atom. The van der Waals surface area contributed by atoms with E-state index in [-0.39, 0.29) is 12.3 Å². The predicted octanol–water partition coefficient (Wildman–Crippen LogP) is 1.17. The molecule has 1 aliphatic rings. The fraction of sp³-hybridized carbons (Fsp3) is 0.312. The van der Waals surface area contributed by atoms with Crippen molar-refractivity contribution in [3.05, 3.63) is 43.0 Å². The highest BCUT2D eigenvalue weighted by Crippen LogP contribution is 2.31. The zero-order valence-electron chi connectivity index (χ0n) is 12.9. The number of hydrogen-bond acceptors (Lipinski definition) is 7. The van der Waals surface area contributed by atoms with E-state index in [1.54, 1.807) is 10.9 Å². The number of fused-ring (bicyclic) bond motifs is 1.